The van der Waals surface area contributed by atoms with E-state index < -0.39 is 22.9 Å². The predicted octanol–water partition coefficient (Wildman–Crippen LogP) is 7.61. The van der Waals surface area contributed by atoms with Gasteiger partial charge < -0.3 is 0 Å². The van der Waals surface area contributed by atoms with Crippen LogP contribution in [0.1, 0.15) is 75.3 Å². The van der Waals surface area contributed by atoms with Crippen molar-refractivity contribution in [2.24, 2.45) is 0 Å². The molecule has 2 amide bonds. The van der Waals surface area contributed by atoms with Crippen molar-refractivity contribution in [2.75, 3.05) is 0 Å². The van der Waals surface area contributed by atoms with Gasteiger partial charge >= 0.3 is 6.18 Å². The number of fused-ring (bicyclic) bond motifs is 1. The number of hydrogen-bond acceptors (Lipinski definition) is 3. The second-order valence-corrected chi connectivity index (χ2v) is 11.3. The molecule has 0 bridgehead atoms. The summed E-state index contributed by atoms with van der Waals surface area (Å²) in [5.74, 6) is -0.495. The summed E-state index contributed by atoms with van der Waals surface area (Å²) in [6.45, 7) is 10.1. The van der Waals surface area contributed by atoms with Crippen LogP contribution in [-0.2, 0) is 28.2 Å². The van der Waals surface area contributed by atoms with Crippen molar-refractivity contribution in [3.05, 3.63) is 63.1 Å². The third-order valence-corrected chi connectivity index (χ3v) is 7.85. The summed E-state index contributed by atoms with van der Waals surface area (Å²) in [4.78, 5) is 23.7. The van der Waals surface area contributed by atoms with Gasteiger partial charge in [0.1, 0.15) is 0 Å². The number of aryl methyl sites for hydroxylation is 1. The standard InChI is InChI=1S/C27H28F3NO2S/c1-6-16-8-7-15(12-22-23(32)31-24(33)34-22)11-17(16)18-13-20-21(14-19(18)27(28,29)30)26(4,5)10-9-25(20,2)3/h7-8,11-14H,6,9-10H2,1-5H3,(H,31,32,33). The third kappa shape index (κ3) is 4.42. The number of nitrogens with one attached hydrogen (secondary N) is 1. The molecule has 1 N–H and O–H groups in total. The lowest BCUT2D eigenvalue weighted by Crippen LogP contribution is -2.34. The Morgan fingerprint density at radius 2 is 1.59 bits per heavy atom. The van der Waals surface area contributed by atoms with Gasteiger partial charge in [-0.2, -0.15) is 13.2 Å². The van der Waals surface area contributed by atoms with Crippen LogP contribution in [0.5, 0.6) is 0 Å². The van der Waals surface area contributed by atoms with E-state index in [2.05, 4.69) is 19.2 Å². The van der Waals surface area contributed by atoms with E-state index in [1.807, 2.05) is 20.8 Å². The second-order valence-electron chi connectivity index (χ2n) is 10.3. The molecule has 1 fully saturated rings. The molecule has 1 saturated heterocycles. The van der Waals surface area contributed by atoms with E-state index in [4.69, 9.17) is 0 Å². The molecule has 2 aliphatic rings. The minimum atomic E-state index is -4.52. The van der Waals surface area contributed by atoms with Crippen molar-refractivity contribution >= 4 is 29.0 Å². The minimum absolute atomic E-state index is 0.161. The molecular formula is C27H28F3NO2S. The summed E-state index contributed by atoms with van der Waals surface area (Å²) in [7, 11) is 0. The van der Waals surface area contributed by atoms with Gasteiger partial charge in [-0.3, -0.25) is 14.9 Å². The van der Waals surface area contributed by atoms with Crippen molar-refractivity contribution in [2.45, 2.75) is 70.9 Å². The van der Waals surface area contributed by atoms with Gasteiger partial charge in [0.05, 0.1) is 10.5 Å². The highest BCUT2D eigenvalue weighted by Gasteiger charge is 2.42. The molecule has 34 heavy (non-hydrogen) atoms. The zero-order valence-corrected chi connectivity index (χ0v) is 20.8. The second kappa shape index (κ2) is 8.29. The van der Waals surface area contributed by atoms with E-state index in [1.165, 1.54) is 6.07 Å². The van der Waals surface area contributed by atoms with E-state index in [0.717, 1.165) is 41.3 Å². The van der Waals surface area contributed by atoms with Crippen LogP contribution in [0.25, 0.3) is 17.2 Å². The predicted molar refractivity (Wildman–Crippen MR) is 131 cm³/mol. The fourth-order valence-corrected chi connectivity index (χ4v) is 5.57. The SMILES string of the molecule is CCc1ccc(C=C2SC(=O)NC2=O)cc1-c1cc2c(cc1C(F)(F)F)C(C)(C)CCC2(C)C. The summed E-state index contributed by atoms with van der Waals surface area (Å²) < 4.78 is 43.2. The molecule has 0 atom stereocenters. The molecule has 180 valence electrons. The Morgan fingerprint density at radius 3 is 2.12 bits per heavy atom. The number of alkyl halides is 3. The van der Waals surface area contributed by atoms with E-state index in [-0.39, 0.29) is 21.3 Å². The van der Waals surface area contributed by atoms with E-state index in [1.54, 1.807) is 30.3 Å². The highest BCUT2D eigenvalue weighted by molar-refractivity contribution is 8.18. The van der Waals surface area contributed by atoms with Crippen LogP contribution in [-0.4, -0.2) is 11.1 Å². The number of halogens is 3. The normalized spacial score (nSPS) is 20.4. The van der Waals surface area contributed by atoms with E-state index >= 15 is 0 Å². The molecule has 0 radical (unpaired) electrons. The summed E-state index contributed by atoms with van der Waals surface area (Å²) in [5, 5.41) is 1.75. The maximum absolute atomic E-state index is 14.4. The fraction of sp³-hybridized carbons (Fsp3) is 0.407. The highest BCUT2D eigenvalue weighted by atomic mass is 32.2. The smallest absolute Gasteiger partial charge is 0.282 e. The summed E-state index contributed by atoms with van der Waals surface area (Å²) in [5.41, 5.74) is 2.51. The Labute approximate surface area is 202 Å². The van der Waals surface area contributed by atoms with Gasteiger partial charge in [0, 0.05) is 0 Å². The van der Waals surface area contributed by atoms with Crippen LogP contribution in [0.4, 0.5) is 18.0 Å². The third-order valence-electron chi connectivity index (χ3n) is 7.04. The van der Waals surface area contributed by atoms with Crippen LogP contribution >= 0.6 is 11.8 Å². The number of imide groups is 1. The Hall–Kier alpha value is -2.54. The Morgan fingerprint density at radius 1 is 0.971 bits per heavy atom. The highest BCUT2D eigenvalue weighted by Crippen LogP contribution is 2.50. The summed E-state index contributed by atoms with van der Waals surface area (Å²) in [6, 6.07) is 8.36. The monoisotopic (exact) mass is 487 g/mol. The van der Waals surface area contributed by atoms with Crippen LogP contribution in [0.15, 0.2) is 35.2 Å². The van der Waals surface area contributed by atoms with Crippen LogP contribution in [0.2, 0.25) is 0 Å². The molecule has 1 heterocycles. The van der Waals surface area contributed by atoms with Crippen molar-refractivity contribution in [1.29, 1.82) is 0 Å². The topological polar surface area (TPSA) is 46.2 Å². The lowest BCUT2D eigenvalue weighted by molar-refractivity contribution is -0.137. The molecule has 2 aromatic rings. The first-order valence-electron chi connectivity index (χ1n) is 11.4. The molecule has 1 aliphatic carbocycles. The van der Waals surface area contributed by atoms with Crippen molar-refractivity contribution in [3.63, 3.8) is 0 Å². The van der Waals surface area contributed by atoms with Gasteiger partial charge in [-0.1, -0.05) is 46.8 Å². The molecule has 1 aliphatic heterocycles. The molecule has 0 unspecified atom stereocenters. The molecule has 7 heteroatoms. The van der Waals surface area contributed by atoms with Crippen LogP contribution in [0.3, 0.4) is 0 Å². The first kappa shape index (κ1) is 24.6. The van der Waals surface area contributed by atoms with Gasteiger partial charge in [0.25, 0.3) is 11.1 Å². The number of hydrogen-bond donors (Lipinski definition) is 1. The van der Waals surface area contributed by atoms with Gasteiger partial charge in [-0.05, 0) is 99.5 Å². The quantitative estimate of drug-likeness (QED) is 0.453. The number of carbonyl (C=O) groups is 2. The fourth-order valence-electron chi connectivity index (χ4n) is 4.89. The zero-order chi connectivity index (χ0) is 25.1. The molecular weight excluding hydrogens is 459 g/mol. The summed E-state index contributed by atoms with van der Waals surface area (Å²) >= 11 is 0.787. The number of benzene rings is 2. The van der Waals surface area contributed by atoms with E-state index in [0.29, 0.717) is 17.5 Å². The molecule has 4 rings (SSSR count). The largest absolute Gasteiger partial charge is 0.417 e. The lowest BCUT2D eigenvalue weighted by Gasteiger charge is -2.42. The Bertz CT molecular complexity index is 1230. The number of thioether (sulfide) groups is 1. The van der Waals surface area contributed by atoms with Crippen LogP contribution < -0.4 is 5.32 Å². The van der Waals surface area contributed by atoms with Gasteiger partial charge in [0.2, 0.25) is 0 Å². The summed E-state index contributed by atoms with van der Waals surface area (Å²) in [6.07, 6.45) is -0.693. The van der Waals surface area contributed by atoms with Crippen LogP contribution in [0, 0.1) is 0 Å². The molecule has 3 nitrogen and oxygen atoms in total. The average Bonchev–Trinajstić information content (AvgIpc) is 3.06. The Balaban J connectivity index is 1.97. The maximum Gasteiger partial charge on any atom is 0.417 e. The van der Waals surface area contributed by atoms with Gasteiger partial charge in [-0.15, -0.1) is 0 Å². The lowest BCUT2D eigenvalue weighted by atomic mass is 9.62. The number of carbonyl (C=O) groups excluding carboxylic acids is 2. The molecule has 0 spiro atoms. The molecule has 0 saturated carbocycles. The maximum atomic E-state index is 14.4. The zero-order valence-electron chi connectivity index (χ0n) is 19.9. The Kier molecular flexibility index (Phi) is 6.00. The van der Waals surface area contributed by atoms with Gasteiger partial charge in [0.15, 0.2) is 0 Å². The first-order chi connectivity index (χ1) is 15.7. The van der Waals surface area contributed by atoms with Crippen molar-refractivity contribution in [1.82, 2.24) is 5.32 Å². The van der Waals surface area contributed by atoms with Crippen molar-refractivity contribution < 1.29 is 22.8 Å². The average molecular weight is 488 g/mol. The minimum Gasteiger partial charge on any atom is -0.282 e. The molecule has 0 aromatic heterocycles. The van der Waals surface area contributed by atoms with Crippen molar-refractivity contribution in [3.8, 4) is 11.1 Å². The van der Waals surface area contributed by atoms with Gasteiger partial charge in [-0.25, -0.2) is 0 Å². The molecule has 2 aromatic carbocycles. The van der Waals surface area contributed by atoms with E-state index in [9.17, 15) is 22.8 Å². The number of rotatable bonds is 3. The number of amides is 2. The first-order valence-corrected chi connectivity index (χ1v) is 12.2.